The number of carbonyl (C=O) groups excluding carboxylic acids is 2. The molecule has 0 bridgehead atoms. The van der Waals surface area contributed by atoms with Gasteiger partial charge in [0.25, 0.3) is 0 Å². The minimum atomic E-state index is -1.10. The van der Waals surface area contributed by atoms with Gasteiger partial charge < -0.3 is 15.3 Å². The predicted octanol–water partition coefficient (Wildman–Crippen LogP) is 0.128. The van der Waals surface area contributed by atoms with Crippen molar-refractivity contribution in [2.45, 2.75) is 32.9 Å². The van der Waals surface area contributed by atoms with Gasteiger partial charge in [0, 0.05) is 19.4 Å². The van der Waals surface area contributed by atoms with Crippen LogP contribution >= 0.6 is 0 Å². The van der Waals surface area contributed by atoms with Crippen LogP contribution in [-0.4, -0.2) is 57.2 Å². The number of aliphatic carboxylic acids is 1. The Morgan fingerprint density at radius 1 is 1.32 bits per heavy atom. The van der Waals surface area contributed by atoms with Gasteiger partial charge in [-0.25, -0.2) is 4.79 Å². The second kappa shape index (κ2) is 7.58. The largest absolute Gasteiger partial charge is 0.480 e. The standard InChI is InChI=1S/C14H22N4O4/c1-9(2)12(14(21)22)16-11(19)8-17(4)13(20)10(3)18-7-5-6-15-18/h5-7,9-10,12H,8H2,1-4H3,(H,16,19)(H,21,22)/t10?,12-/m1/s1. The van der Waals surface area contributed by atoms with Crippen LogP contribution in [0, 0.1) is 5.92 Å². The second-order valence-corrected chi connectivity index (χ2v) is 5.48. The Morgan fingerprint density at radius 3 is 2.41 bits per heavy atom. The van der Waals surface area contributed by atoms with Gasteiger partial charge in [-0.2, -0.15) is 5.10 Å². The number of hydrogen-bond donors (Lipinski definition) is 2. The molecule has 8 heteroatoms. The number of aromatic nitrogens is 2. The fourth-order valence-corrected chi connectivity index (χ4v) is 1.97. The molecule has 122 valence electrons. The van der Waals surface area contributed by atoms with Crippen LogP contribution in [0.15, 0.2) is 18.5 Å². The fraction of sp³-hybridized carbons (Fsp3) is 0.571. The normalized spacial score (nSPS) is 13.5. The molecule has 0 saturated heterocycles. The first kappa shape index (κ1) is 17.7. The average Bonchev–Trinajstić information content (AvgIpc) is 2.96. The van der Waals surface area contributed by atoms with Crippen LogP contribution in [0.2, 0.25) is 0 Å². The Hall–Kier alpha value is -2.38. The van der Waals surface area contributed by atoms with E-state index in [4.69, 9.17) is 5.11 Å². The lowest BCUT2D eigenvalue weighted by atomic mass is 10.0. The highest BCUT2D eigenvalue weighted by molar-refractivity contribution is 5.88. The van der Waals surface area contributed by atoms with E-state index in [-0.39, 0.29) is 18.4 Å². The van der Waals surface area contributed by atoms with Crippen molar-refractivity contribution in [3.05, 3.63) is 18.5 Å². The van der Waals surface area contributed by atoms with Crippen LogP contribution in [0.1, 0.15) is 26.8 Å². The molecule has 2 amide bonds. The molecule has 0 aliphatic heterocycles. The maximum atomic E-state index is 12.2. The third-order valence-corrected chi connectivity index (χ3v) is 3.29. The number of amides is 2. The van der Waals surface area contributed by atoms with Crippen molar-refractivity contribution in [1.82, 2.24) is 20.0 Å². The van der Waals surface area contributed by atoms with E-state index in [2.05, 4.69) is 10.4 Å². The molecular formula is C14H22N4O4. The number of likely N-dealkylation sites (N-methyl/N-ethyl adjacent to an activating group) is 1. The van der Waals surface area contributed by atoms with Crippen LogP contribution in [0.5, 0.6) is 0 Å². The third-order valence-electron chi connectivity index (χ3n) is 3.29. The lowest BCUT2D eigenvalue weighted by Gasteiger charge is -2.23. The van der Waals surface area contributed by atoms with E-state index < -0.39 is 24.0 Å². The Morgan fingerprint density at radius 2 is 1.95 bits per heavy atom. The van der Waals surface area contributed by atoms with Crippen LogP contribution in [-0.2, 0) is 14.4 Å². The lowest BCUT2D eigenvalue weighted by molar-refractivity contribution is -0.143. The van der Waals surface area contributed by atoms with Crippen molar-refractivity contribution in [3.8, 4) is 0 Å². The second-order valence-electron chi connectivity index (χ2n) is 5.48. The number of nitrogens with one attached hydrogen (secondary N) is 1. The SMILES string of the molecule is CC(C)[C@@H](NC(=O)CN(C)C(=O)C(C)n1cccn1)C(=O)O. The molecule has 0 aliphatic rings. The molecular weight excluding hydrogens is 288 g/mol. The zero-order chi connectivity index (χ0) is 16.9. The Balaban J connectivity index is 2.60. The Bertz CT molecular complexity index is 527. The molecule has 1 aromatic heterocycles. The van der Waals surface area contributed by atoms with Crippen LogP contribution in [0.25, 0.3) is 0 Å². The summed E-state index contributed by atoms with van der Waals surface area (Å²) in [5.41, 5.74) is 0. The Labute approximate surface area is 129 Å². The van der Waals surface area contributed by atoms with Crippen molar-refractivity contribution in [3.63, 3.8) is 0 Å². The van der Waals surface area contributed by atoms with E-state index in [1.54, 1.807) is 39.2 Å². The highest BCUT2D eigenvalue weighted by Crippen LogP contribution is 2.07. The molecule has 0 radical (unpaired) electrons. The van der Waals surface area contributed by atoms with Gasteiger partial charge in [0.2, 0.25) is 11.8 Å². The quantitative estimate of drug-likeness (QED) is 0.745. The zero-order valence-corrected chi connectivity index (χ0v) is 13.2. The molecule has 1 unspecified atom stereocenters. The summed E-state index contributed by atoms with van der Waals surface area (Å²) in [7, 11) is 1.49. The van der Waals surface area contributed by atoms with Gasteiger partial charge in [-0.15, -0.1) is 0 Å². The van der Waals surface area contributed by atoms with E-state index in [0.717, 1.165) is 0 Å². The molecule has 8 nitrogen and oxygen atoms in total. The van der Waals surface area contributed by atoms with Gasteiger partial charge in [-0.3, -0.25) is 14.3 Å². The maximum Gasteiger partial charge on any atom is 0.326 e. The fourth-order valence-electron chi connectivity index (χ4n) is 1.97. The zero-order valence-electron chi connectivity index (χ0n) is 13.2. The van der Waals surface area contributed by atoms with Gasteiger partial charge in [0.1, 0.15) is 12.1 Å². The molecule has 0 saturated carbocycles. The van der Waals surface area contributed by atoms with Crippen molar-refractivity contribution in [2.24, 2.45) is 5.92 Å². The minimum Gasteiger partial charge on any atom is -0.480 e. The predicted molar refractivity (Wildman–Crippen MR) is 79.0 cm³/mol. The highest BCUT2D eigenvalue weighted by atomic mass is 16.4. The van der Waals surface area contributed by atoms with Gasteiger partial charge in [0.05, 0.1) is 6.54 Å². The summed E-state index contributed by atoms with van der Waals surface area (Å²) in [5, 5.41) is 15.4. The van der Waals surface area contributed by atoms with Gasteiger partial charge in [-0.05, 0) is 18.9 Å². The molecule has 0 aromatic carbocycles. The number of hydrogen-bond acceptors (Lipinski definition) is 4. The number of carboxylic acid groups (broad SMARTS) is 1. The molecule has 1 aromatic rings. The molecule has 0 spiro atoms. The van der Waals surface area contributed by atoms with Crippen LogP contribution in [0.4, 0.5) is 0 Å². The summed E-state index contributed by atoms with van der Waals surface area (Å²) in [4.78, 5) is 36.4. The first-order valence-corrected chi connectivity index (χ1v) is 7.00. The number of rotatable bonds is 7. The van der Waals surface area contributed by atoms with Gasteiger partial charge in [-0.1, -0.05) is 13.8 Å². The lowest BCUT2D eigenvalue weighted by Crippen LogP contribution is -2.49. The summed E-state index contributed by atoms with van der Waals surface area (Å²) < 4.78 is 1.49. The van der Waals surface area contributed by atoms with Crippen LogP contribution in [0.3, 0.4) is 0 Å². The van der Waals surface area contributed by atoms with E-state index >= 15 is 0 Å². The number of carbonyl (C=O) groups is 3. The maximum absolute atomic E-state index is 12.2. The first-order valence-electron chi connectivity index (χ1n) is 7.00. The smallest absolute Gasteiger partial charge is 0.326 e. The monoisotopic (exact) mass is 310 g/mol. The third kappa shape index (κ3) is 4.57. The molecule has 2 atom stereocenters. The van der Waals surface area contributed by atoms with E-state index in [1.165, 1.54) is 16.6 Å². The summed E-state index contributed by atoms with van der Waals surface area (Å²) in [6.07, 6.45) is 3.23. The van der Waals surface area contributed by atoms with E-state index in [9.17, 15) is 14.4 Å². The molecule has 1 rings (SSSR count). The van der Waals surface area contributed by atoms with Crippen molar-refractivity contribution >= 4 is 17.8 Å². The highest BCUT2D eigenvalue weighted by Gasteiger charge is 2.26. The summed E-state index contributed by atoms with van der Waals surface area (Å²) in [6.45, 7) is 4.88. The molecule has 22 heavy (non-hydrogen) atoms. The average molecular weight is 310 g/mol. The van der Waals surface area contributed by atoms with Crippen LogP contribution < -0.4 is 5.32 Å². The van der Waals surface area contributed by atoms with E-state index in [1.807, 2.05) is 0 Å². The molecule has 0 fully saturated rings. The summed E-state index contributed by atoms with van der Waals surface area (Å²) >= 11 is 0. The molecule has 1 heterocycles. The van der Waals surface area contributed by atoms with E-state index in [0.29, 0.717) is 0 Å². The van der Waals surface area contributed by atoms with Crippen molar-refractivity contribution < 1.29 is 19.5 Å². The number of nitrogens with zero attached hydrogens (tertiary/aromatic N) is 3. The summed E-state index contributed by atoms with van der Waals surface area (Å²) in [6, 6.07) is 0.198. The summed E-state index contributed by atoms with van der Waals surface area (Å²) in [5.74, 6) is -2.13. The topological polar surface area (TPSA) is 105 Å². The van der Waals surface area contributed by atoms with Gasteiger partial charge >= 0.3 is 5.97 Å². The molecule has 0 aliphatic carbocycles. The van der Waals surface area contributed by atoms with Crippen molar-refractivity contribution in [2.75, 3.05) is 13.6 Å². The molecule has 2 N–H and O–H groups in total. The number of carboxylic acids is 1. The minimum absolute atomic E-state index is 0.207. The first-order chi connectivity index (χ1) is 10.2. The van der Waals surface area contributed by atoms with Gasteiger partial charge in [0.15, 0.2) is 0 Å². The van der Waals surface area contributed by atoms with Crippen molar-refractivity contribution in [1.29, 1.82) is 0 Å². The Kier molecular flexibility index (Phi) is 6.09.